The maximum Gasteiger partial charge on any atom is 0.305 e. The van der Waals surface area contributed by atoms with Crippen molar-refractivity contribution in [2.24, 2.45) is 0 Å². The number of carbonyl (C=O) groups excluding carboxylic acids is 1. The molecule has 0 spiro atoms. The highest BCUT2D eigenvalue weighted by Gasteiger charge is 2.23. The Kier molecular flexibility index (Phi) is 4.88. The fraction of sp³-hybridized carbons (Fsp3) is 0.533. The molecule has 100 valence electrons. The summed E-state index contributed by atoms with van der Waals surface area (Å²) in [6, 6.07) is 4.86. The van der Waals surface area contributed by atoms with Crippen molar-refractivity contribution in [1.29, 1.82) is 0 Å². The average Bonchev–Trinajstić information content (AvgIpc) is 2.31. The minimum atomic E-state index is -0.211. The van der Waals surface area contributed by atoms with Crippen molar-refractivity contribution in [1.82, 2.24) is 0 Å². The third kappa shape index (κ3) is 3.83. The number of hydrogen-bond acceptors (Lipinski definition) is 2. The molecule has 0 radical (unpaired) electrons. The van der Waals surface area contributed by atoms with Crippen molar-refractivity contribution in [3.8, 4) is 0 Å². The second-order valence-electron chi connectivity index (χ2n) is 5.27. The van der Waals surface area contributed by atoms with Crippen LogP contribution in [-0.4, -0.2) is 13.1 Å². The number of esters is 1. The van der Waals surface area contributed by atoms with Crippen molar-refractivity contribution >= 4 is 5.97 Å². The van der Waals surface area contributed by atoms with Gasteiger partial charge < -0.3 is 4.74 Å². The summed E-state index contributed by atoms with van der Waals surface area (Å²) in [5, 5.41) is 0. The first-order valence-corrected chi connectivity index (χ1v) is 6.20. The third-order valence-electron chi connectivity index (χ3n) is 3.34. The molecule has 0 saturated carbocycles. The summed E-state index contributed by atoms with van der Waals surface area (Å²) in [6.07, 6.45) is 1.98. The monoisotopic (exact) mass is 252 g/mol. The lowest BCUT2D eigenvalue weighted by atomic mass is 9.78. The highest BCUT2D eigenvalue weighted by Crippen LogP contribution is 2.31. The molecule has 0 unspecified atom stereocenters. The van der Waals surface area contributed by atoms with E-state index in [4.69, 9.17) is 0 Å². The molecular weight excluding hydrogens is 231 g/mol. The van der Waals surface area contributed by atoms with Crippen LogP contribution in [-0.2, 0) is 14.9 Å². The number of benzene rings is 1. The summed E-state index contributed by atoms with van der Waals surface area (Å²) in [6.45, 7) is 6.13. The Morgan fingerprint density at radius 1 is 1.39 bits per heavy atom. The van der Waals surface area contributed by atoms with Gasteiger partial charge in [0.25, 0.3) is 0 Å². The Morgan fingerprint density at radius 3 is 2.67 bits per heavy atom. The summed E-state index contributed by atoms with van der Waals surface area (Å²) in [4.78, 5) is 11.1. The van der Waals surface area contributed by atoms with E-state index in [0.29, 0.717) is 6.42 Å². The van der Waals surface area contributed by atoms with Gasteiger partial charge in [0.1, 0.15) is 5.82 Å². The molecule has 0 atom stereocenters. The summed E-state index contributed by atoms with van der Waals surface area (Å²) < 4.78 is 17.9. The van der Waals surface area contributed by atoms with Gasteiger partial charge in [-0.3, -0.25) is 4.79 Å². The first kappa shape index (κ1) is 14.7. The van der Waals surface area contributed by atoms with Gasteiger partial charge in [-0.05, 0) is 48.4 Å². The zero-order valence-electron chi connectivity index (χ0n) is 11.5. The zero-order valence-corrected chi connectivity index (χ0v) is 11.5. The normalized spacial score (nSPS) is 11.4. The molecule has 0 aliphatic rings. The molecule has 18 heavy (non-hydrogen) atoms. The van der Waals surface area contributed by atoms with Crippen molar-refractivity contribution < 1.29 is 13.9 Å². The number of carbonyl (C=O) groups is 1. The summed E-state index contributed by atoms with van der Waals surface area (Å²) in [5.41, 5.74) is 1.95. The van der Waals surface area contributed by atoms with Gasteiger partial charge in [-0.25, -0.2) is 4.39 Å². The summed E-state index contributed by atoms with van der Waals surface area (Å²) >= 11 is 0. The number of ether oxygens (including phenoxy) is 1. The van der Waals surface area contributed by atoms with Crippen LogP contribution >= 0.6 is 0 Å². The molecule has 0 aliphatic carbocycles. The maximum absolute atomic E-state index is 13.3. The van der Waals surface area contributed by atoms with E-state index in [1.54, 1.807) is 12.1 Å². The molecule has 1 aromatic carbocycles. The van der Waals surface area contributed by atoms with E-state index >= 15 is 0 Å². The Hall–Kier alpha value is -1.38. The van der Waals surface area contributed by atoms with E-state index in [9.17, 15) is 9.18 Å². The smallest absolute Gasteiger partial charge is 0.305 e. The lowest BCUT2D eigenvalue weighted by Crippen LogP contribution is -2.19. The largest absolute Gasteiger partial charge is 0.469 e. The van der Waals surface area contributed by atoms with E-state index in [0.717, 1.165) is 24.0 Å². The second kappa shape index (κ2) is 5.98. The molecule has 3 heteroatoms. The molecule has 0 amide bonds. The maximum atomic E-state index is 13.3. The predicted octanol–water partition coefficient (Wildman–Crippen LogP) is 3.76. The van der Waals surface area contributed by atoms with Gasteiger partial charge in [0, 0.05) is 6.42 Å². The predicted molar refractivity (Wildman–Crippen MR) is 70.0 cm³/mol. The van der Waals surface area contributed by atoms with Gasteiger partial charge >= 0.3 is 5.97 Å². The van der Waals surface area contributed by atoms with Crippen LogP contribution in [0.2, 0.25) is 0 Å². The van der Waals surface area contributed by atoms with Crippen LogP contribution in [0.5, 0.6) is 0 Å². The SMILES string of the molecule is COC(=O)CCCC(C)(C)c1cc(F)ccc1C. The van der Waals surface area contributed by atoms with E-state index < -0.39 is 0 Å². The quantitative estimate of drug-likeness (QED) is 0.746. The van der Waals surface area contributed by atoms with E-state index in [2.05, 4.69) is 18.6 Å². The van der Waals surface area contributed by atoms with Crippen LogP contribution in [0, 0.1) is 12.7 Å². The Morgan fingerprint density at radius 2 is 2.06 bits per heavy atom. The molecule has 0 aromatic heterocycles. The summed E-state index contributed by atoms with van der Waals surface area (Å²) in [5.74, 6) is -0.404. The van der Waals surface area contributed by atoms with E-state index in [-0.39, 0.29) is 17.2 Å². The molecule has 1 rings (SSSR count). The minimum absolute atomic E-state index is 0.139. The van der Waals surface area contributed by atoms with Crippen molar-refractivity contribution in [3.05, 3.63) is 35.1 Å². The molecule has 1 aromatic rings. The van der Waals surface area contributed by atoms with Crippen LogP contribution in [0.15, 0.2) is 18.2 Å². The molecule has 0 bridgehead atoms. The van der Waals surface area contributed by atoms with Gasteiger partial charge in [-0.2, -0.15) is 0 Å². The molecule has 0 aliphatic heterocycles. The third-order valence-corrected chi connectivity index (χ3v) is 3.34. The molecular formula is C15H21FO2. The van der Waals surface area contributed by atoms with E-state index in [1.165, 1.54) is 13.2 Å². The zero-order chi connectivity index (χ0) is 13.8. The minimum Gasteiger partial charge on any atom is -0.469 e. The van der Waals surface area contributed by atoms with Gasteiger partial charge in [0.05, 0.1) is 7.11 Å². The Balaban J connectivity index is 2.73. The number of aryl methyl sites for hydroxylation is 1. The second-order valence-corrected chi connectivity index (χ2v) is 5.27. The fourth-order valence-electron chi connectivity index (χ4n) is 2.23. The standard InChI is InChI=1S/C15H21FO2/c1-11-7-8-12(16)10-13(11)15(2,3)9-5-6-14(17)18-4/h7-8,10H,5-6,9H2,1-4H3. The van der Waals surface area contributed by atoms with Crippen LogP contribution in [0.1, 0.15) is 44.2 Å². The number of halogens is 1. The summed E-state index contributed by atoms with van der Waals surface area (Å²) in [7, 11) is 1.39. The Labute approximate surface area is 108 Å². The Bertz CT molecular complexity index is 425. The first-order valence-electron chi connectivity index (χ1n) is 6.20. The molecule has 0 N–H and O–H groups in total. The van der Waals surface area contributed by atoms with Crippen molar-refractivity contribution in [2.75, 3.05) is 7.11 Å². The topological polar surface area (TPSA) is 26.3 Å². The first-order chi connectivity index (χ1) is 8.36. The lowest BCUT2D eigenvalue weighted by molar-refractivity contribution is -0.140. The number of methoxy groups -OCH3 is 1. The van der Waals surface area contributed by atoms with Gasteiger partial charge in [-0.15, -0.1) is 0 Å². The van der Waals surface area contributed by atoms with Crippen molar-refractivity contribution in [2.45, 2.75) is 45.4 Å². The van der Waals surface area contributed by atoms with Crippen molar-refractivity contribution in [3.63, 3.8) is 0 Å². The van der Waals surface area contributed by atoms with Crippen LogP contribution in [0.25, 0.3) is 0 Å². The van der Waals surface area contributed by atoms with E-state index in [1.807, 2.05) is 6.92 Å². The van der Waals surface area contributed by atoms with Gasteiger partial charge in [0.15, 0.2) is 0 Å². The van der Waals surface area contributed by atoms with Crippen LogP contribution in [0.3, 0.4) is 0 Å². The van der Waals surface area contributed by atoms with Gasteiger partial charge in [0.2, 0.25) is 0 Å². The van der Waals surface area contributed by atoms with Crippen LogP contribution < -0.4 is 0 Å². The van der Waals surface area contributed by atoms with Crippen LogP contribution in [0.4, 0.5) is 4.39 Å². The highest BCUT2D eigenvalue weighted by atomic mass is 19.1. The average molecular weight is 252 g/mol. The molecule has 0 fully saturated rings. The van der Waals surface area contributed by atoms with Gasteiger partial charge in [-0.1, -0.05) is 19.9 Å². The molecule has 0 saturated heterocycles. The highest BCUT2D eigenvalue weighted by molar-refractivity contribution is 5.69. The fourth-order valence-corrected chi connectivity index (χ4v) is 2.23. The molecule has 0 heterocycles. The number of hydrogen-bond donors (Lipinski definition) is 0. The molecule has 2 nitrogen and oxygen atoms in total. The number of rotatable bonds is 5. The lowest BCUT2D eigenvalue weighted by Gasteiger charge is -2.27.